The Morgan fingerprint density at radius 3 is 2.48 bits per heavy atom. The molecule has 0 atom stereocenters. The first-order chi connectivity index (χ1) is 12.9. The molecule has 7 nitrogen and oxygen atoms in total. The van der Waals surface area contributed by atoms with Crippen LogP contribution in [0.2, 0.25) is 0 Å². The normalized spacial score (nSPS) is 14.5. The molecule has 27 heavy (non-hydrogen) atoms. The van der Waals surface area contributed by atoms with Crippen molar-refractivity contribution < 1.29 is 9.59 Å². The Hall–Kier alpha value is -3.79. The summed E-state index contributed by atoms with van der Waals surface area (Å²) in [5.41, 5.74) is 14.0. The summed E-state index contributed by atoms with van der Waals surface area (Å²) < 4.78 is 0. The van der Waals surface area contributed by atoms with Gasteiger partial charge in [0.05, 0.1) is 17.0 Å². The zero-order valence-corrected chi connectivity index (χ0v) is 14.4. The van der Waals surface area contributed by atoms with Crippen LogP contribution in [-0.2, 0) is 5.41 Å². The Morgan fingerprint density at radius 2 is 1.85 bits per heavy atom. The number of fused-ring (bicyclic) bond motifs is 1. The Bertz CT molecular complexity index is 1130. The molecule has 0 aliphatic heterocycles. The predicted octanol–water partition coefficient (Wildman–Crippen LogP) is 2.98. The lowest BCUT2D eigenvalue weighted by molar-refractivity contribution is 0.100. The van der Waals surface area contributed by atoms with E-state index in [9.17, 15) is 14.9 Å². The zero-order chi connectivity index (χ0) is 19.2. The van der Waals surface area contributed by atoms with Crippen molar-refractivity contribution in [2.75, 3.05) is 5.32 Å². The number of aromatic nitrogens is 1. The minimum absolute atomic E-state index is 0.178. The number of aromatic amines is 1. The number of primary amides is 2. The molecule has 4 rings (SSSR count). The molecule has 1 aliphatic carbocycles. The minimum Gasteiger partial charge on any atom is -0.365 e. The van der Waals surface area contributed by atoms with Crippen molar-refractivity contribution >= 4 is 28.7 Å². The number of nitrogens with one attached hydrogen (secondary N) is 2. The fraction of sp³-hybridized carbons (Fsp3) is 0.150. The van der Waals surface area contributed by atoms with E-state index >= 15 is 0 Å². The van der Waals surface area contributed by atoms with E-state index in [1.165, 1.54) is 0 Å². The summed E-state index contributed by atoms with van der Waals surface area (Å²) >= 11 is 0. The van der Waals surface area contributed by atoms with Crippen LogP contribution in [0.3, 0.4) is 0 Å². The van der Waals surface area contributed by atoms with Gasteiger partial charge in [-0.3, -0.25) is 10.1 Å². The Balaban J connectivity index is 1.81. The number of anilines is 1. The Kier molecular flexibility index (Phi) is 3.63. The molecular weight excluding hydrogens is 342 g/mol. The molecule has 1 saturated carbocycles. The fourth-order valence-corrected chi connectivity index (χ4v) is 3.44. The molecule has 0 unspecified atom stereocenters. The number of nitrogens with zero attached hydrogens (tertiary/aromatic N) is 1. The summed E-state index contributed by atoms with van der Waals surface area (Å²) in [4.78, 5) is 26.0. The first-order valence-corrected chi connectivity index (χ1v) is 8.48. The third kappa shape index (κ3) is 2.77. The van der Waals surface area contributed by atoms with Gasteiger partial charge in [0.2, 0.25) is 0 Å². The van der Waals surface area contributed by atoms with Gasteiger partial charge in [-0.05, 0) is 41.7 Å². The van der Waals surface area contributed by atoms with E-state index in [-0.39, 0.29) is 16.8 Å². The van der Waals surface area contributed by atoms with Crippen molar-refractivity contribution in [2.24, 2.45) is 11.5 Å². The number of hydrogen-bond donors (Lipinski definition) is 4. The number of urea groups is 1. The highest BCUT2D eigenvalue weighted by Gasteiger charge is 2.44. The highest BCUT2D eigenvalue weighted by atomic mass is 16.2. The number of nitriles is 1. The second-order valence-electron chi connectivity index (χ2n) is 6.76. The molecule has 0 saturated heterocycles. The Morgan fingerprint density at radius 1 is 1.11 bits per heavy atom. The van der Waals surface area contributed by atoms with Crippen molar-refractivity contribution in [1.29, 1.82) is 5.26 Å². The summed E-state index contributed by atoms with van der Waals surface area (Å²) in [7, 11) is 0. The topological polar surface area (TPSA) is 138 Å². The molecule has 0 bridgehead atoms. The molecule has 3 amide bonds. The minimum atomic E-state index is -0.789. The second-order valence-corrected chi connectivity index (χ2v) is 6.76. The SMILES string of the molecule is N#CC1(c2cccc(-c3ccc4c(C(N)=O)c(NC(N)=O)[nH]c4c3)c2)CC1. The average molecular weight is 359 g/mol. The third-order valence-electron chi connectivity index (χ3n) is 5.01. The number of nitrogens with two attached hydrogens (primary N) is 2. The van der Waals surface area contributed by atoms with Crippen LogP contribution in [0.4, 0.5) is 10.6 Å². The highest BCUT2D eigenvalue weighted by molar-refractivity contribution is 6.13. The van der Waals surface area contributed by atoms with Gasteiger partial charge in [-0.2, -0.15) is 5.26 Å². The van der Waals surface area contributed by atoms with E-state index in [0.717, 1.165) is 29.5 Å². The van der Waals surface area contributed by atoms with E-state index in [1.54, 1.807) is 6.07 Å². The van der Waals surface area contributed by atoms with E-state index < -0.39 is 11.9 Å². The lowest BCUT2D eigenvalue weighted by Gasteiger charge is -2.09. The lowest BCUT2D eigenvalue weighted by atomic mass is 9.93. The van der Waals surface area contributed by atoms with Crippen LogP contribution in [0.1, 0.15) is 28.8 Å². The van der Waals surface area contributed by atoms with Crippen LogP contribution in [-0.4, -0.2) is 16.9 Å². The molecule has 1 fully saturated rings. The van der Waals surface area contributed by atoms with E-state index in [2.05, 4.69) is 16.4 Å². The van der Waals surface area contributed by atoms with Crippen molar-refractivity contribution in [1.82, 2.24) is 4.98 Å². The summed E-state index contributed by atoms with van der Waals surface area (Å²) in [5.74, 6) is -0.484. The van der Waals surface area contributed by atoms with E-state index in [0.29, 0.717) is 10.9 Å². The molecule has 0 radical (unpaired) electrons. The van der Waals surface area contributed by atoms with Gasteiger partial charge in [-0.25, -0.2) is 4.79 Å². The van der Waals surface area contributed by atoms with Gasteiger partial charge in [0, 0.05) is 10.9 Å². The summed E-state index contributed by atoms with van der Waals surface area (Å²) in [5, 5.41) is 12.4. The molecule has 1 heterocycles. The quantitative estimate of drug-likeness (QED) is 0.569. The van der Waals surface area contributed by atoms with Crippen molar-refractivity contribution in [3.63, 3.8) is 0 Å². The molecule has 7 heteroatoms. The van der Waals surface area contributed by atoms with Gasteiger partial charge in [-0.1, -0.05) is 30.3 Å². The standard InChI is InChI=1S/C20H17N5O2/c21-10-20(6-7-20)13-3-1-2-11(8-13)12-4-5-14-15(9-12)24-18(25-19(23)27)16(14)17(22)26/h1-5,8-9,24H,6-7H2,(H2,22,26)(H3,23,25,27). The first-order valence-electron chi connectivity index (χ1n) is 8.48. The molecule has 1 aromatic heterocycles. The van der Waals surface area contributed by atoms with Gasteiger partial charge in [0.25, 0.3) is 5.91 Å². The second kappa shape index (κ2) is 5.88. The number of benzene rings is 2. The van der Waals surface area contributed by atoms with Crippen molar-refractivity contribution in [3.8, 4) is 17.2 Å². The first kappa shape index (κ1) is 16.7. The van der Waals surface area contributed by atoms with Crippen LogP contribution < -0.4 is 16.8 Å². The van der Waals surface area contributed by atoms with Crippen LogP contribution in [0.25, 0.3) is 22.0 Å². The smallest absolute Gasteiger partial charge is 0.317 e. The molecule has 134 valence electrons. The summed E-state index contributed by atoms with van der Waals surface area (Å²) in [6.45, 7) is 0. The van der Waals surface area contributed by atoms with Crippen molar-refractivity contribution in [2.45, 2.75) is 18.3 Å². The largest absolute Gasteiger partial charge is 0.365 e. The summed E-state index contributed by atoms with van der Waals surface area (Å²) in [6, 6.07) is 15.1. The monoisotopic (exact) mass is 359 g/mol. The molecular formula is C20H17N5O2. The number of H-pyrrole nitrogens is 1. The molecule has 1 aliphatic rings. The van der Waals surface area contributed by atoms with Gasteiger partial charge in [0.1, 0.15) is 5.82 Å². The van der Waals surface area contributed by atoms with Crippen LogP contribution >= 0.6 is 0 Å². The van der Waals surface area contributed by atoms with E-state index in [4.69, 9.17) is 11.5 Å². The third-order valence-corrected chi connectivity index (χ3v) is 5.01. The van der Waals surface area contributed by atoms with Crippen LogP contribution in [0, 0.1) is 11.3 Å². The lowest BCUT2D eigenvalue weighted by Crippen LogP contribution is -2.22. The van der Waals surface area contributed by atoms with Gasteiger partial charge in [-0.15, -0.1) is 0 Å². The van der Waals surface area contributed by atoms with Gasteiger partial charge < -0.3 is 16.5 Å². The predicted molar refractivity (Wildman–Crippen MR) is 102 cm³/mol. The van der Waals surface area contributed by atoms with Gasteiger partial charge >= 0.3 is 6.03 Å². The number of amides is 3. The number of rotatable bonds is 4. The summed E-state index contributed by atoms with van der Waals surface area (Å²) in [6.07, 6.45) is 1.76. The number of carbonyl (C=O) groups is 2. The molecule has 6 N–H and O–H groups in total. The number of carbonyl (C=O) groups excluding carboxylic acids is 2. The maximum Gasteiger partial charge on any atom is 0.317 e. The maximum atomic E-state index is 11.8. The van der Waals surface area contributed by atoms with Crippen molar-refractivity contribution in [3.05, 3.63) is 53.6 Å². The van der Waals surface area contributed by atoms with E-state index in [1.807, 2.05) is 36.4 Å². The van der Waals surface area contributed by atoms with Crippen LogP contribution in [0.15, 0.2) is 42.5 Å². The average Bonchev–Trinajstić information content (AvgIpc) is 3.36. The Labute approximate surface area is 155 Å². The molecule has 0 spiro atoms. The number of hydrogen-bond acceptors (Lipinski definition) is 3. The van der Waals surface area contributed by atoms with Gasteiger partial charge in [0.15, 0.2) is 0 Å². The highest BCUT2D eigenvalue weighted by Crippen LogP contribution is 2.48. The zero-order valence-electron chi connectivity index (χ0n) is 14.4. The maximum absolute atomic E-state index is 11.8. The van der Waals surface area contributed by atoms with Crippen LogP contribution in [0.5, 0.6) is 0 Å². The molecule has 3 aromatic rings. The molecule has 2 aromatic carbocycles. The fourth-order valence-electron chi connectivity index (χ4n) is 3.44.